The largest absolute Gasteiger partial charge is 0.451 e. The first kappa shape index (κ1) is 13.6. The third kappa shape index (κ3) is 2.73. The van der Waals surface area contributed by atoms with E-state index in [1.54, 1.807) is 17.6 Å². The highest BCUT2D eigenvalue weighted by Crippen LogP contribution is 2.24. The van der Waals surface area contributed by atoms with Gasteiger partial charge in [0.1, 0.15) is 5.58 Å². The van der Waals surface area contributed by atoms with Crippen LogP contribution >= 0.6 is 11.3 Å². The maximum atomic E-state index is 12.1. The van der Waals surface area contributed by atoms with Gasteiger partial charge in [0.15, 0.2) is 5.76 Å². The number of nitrogens with one attached hydrogen (secondary N) is 1. The number of hydrogen-bond acceptors (Lipinski definition) is 4. The van der Waals surface area contributed by atoms with Crippen LogP contribution in [-0.2, 0) is 0 Å². The summed E-state index contributed by atoms with van der Waals surface area (Å²) < 4.78 is 5.58. The summed E-state index contributed by atoms with van der Waals surface area (Å²) in [4.78, 5) is 14.3. The number of hydrogen-bond donors (Lipinski definition) is 1. The molecule has 21 heavy (non-hydrogen) atoms. The third-order valence-electron chi connectivity index (χ3n) is 3.17. The van der Waals surface area contributed by atoms with Crippen molar-refractivity contribution >= 4 is 34.4 Å². The van der Waals surface area contributed by atoms with Crippen LogP contribution in [0.3, 0.4) is 0 Å². The normalized spacial score (nSPS) is 11.3. The Kier molecular flexibility index (Phi) is 3.58. The molecule has 0 aliphatic rings. The maximum absolute atomic E-state index is 12.1. The zero-order chi connectivity index (χ0) is 14.8. The predicted octanol–water partition coefficient (Wildman–Crippen LogP) is 3.88. The molecule has 0 aliphatic heterocycles. The highest BCUT2D eigenvalue weighted by molar-refractivity contribution is 7.13. The number of fused-ring (bicyclic) bond motifs is 1. The van der Waals surface area contributed by atoms with Gasteiger partial charge < -0.3 is 4.42 Å². The van der Waals surface area contributed by atoms with Crippen LogP contribution in [0.15, 0.2) is 45.9 Å². The van der Waals surface area contributed by atoms with Gasteiger partial charge in [-0.15, -0.1) is 11.3 Å². The number of nitrogens with zero attached hydrogens (tertiary/aromatic N) is 1. The molecule has 2 aromatic heterocycles. The molecule has 0 unspecified atom stereocenters. The number of benzene rings is 1. The van der Waals surface area contributed by atoms with Crippen molar-refractivity contribution in [3.8, 4) is 0 Å². The van der Waals surface area contributed by atoms with Crippen molar-refractivity contribution in [2.45, 2.75) is 13.8 Å². The number of hydrazone groups is 1. The van der Waals surface area contributed by atoms with E-state index in [-0.39, 0.29) is 5.91 Å². The Morgan fingerprint density at radius 3 is 2.76 bits per heavy atom. The summed E-state index contributed by atoms with van der Waals surface area (Å²) in [5.74, 6) is -0.0380. The van der Waals surface area contributed by atoms with Crippen LogP contribution in [0.2, 0.25) is 0 Å². The molecule has 5 heteroatoms. The van der Waals surface area contributed by atoms with Crippen LogP contribution in [-0.4, -0.2) is 12.1 Å². The molecule has 3 rings (SSSR count). The molecule has 1 aromatic carbocycles. The molecule has 0 saturated carbocycles. The Labute approximate surface area is 126 Å². The number of thiophene rings is 1. The lowest BCUT2D eigenvalue weighted by atomic mass is 10.1. The van der Waals surface area contributed by atoms with Gasteiger partial charge in [0.05, 0.1) is 6.21 Å². The standard InChI is InChI=1S/C16H14N2O2S/c1-10-7-8-12(21-10)9-17-18-16(19)15-11(2)13-5-3-4-6-14(13)20-15/h3-9H,1-2H3,(H,18,19)/b17-9-. The molecule has 0 atom stereocenters. The Morgan fingerprint density at radius 1 is 1.24 bits per heavy atom. The van der Waals surface area contributed by atoms with Crippen molar-refractivity contribution in [2.24, 2.45) is 5.10 Å². The van der Waals surface area contributed by atoms with Crippen molar-refractivity contribution < 1.29 is 9.21 Å². The van der Waals surface area contributed by atoms with Crippen molar-refractivity contribution in [3.05, 3.63) is 57.5 Å². The Hall–Kier alpha value is -2.40. The van der Waals surface area contributed by atoms with E-state index >= 15 is 0 Å². The van der Waals surface area contributed by atoms with Gasteiger partial charge in [0.25, 0.3) is 0 Å². The third-order valence-corrected chi connectivity index (χ3v) is 4.10. The molecule has 1 amide bonds. The van der Waals surface area contributed by atoms with E-state index in [4.69, 9.17) is 4.42 Å². The van der Waals surface area contributed by atoms with Gasteiger partial charge in [-0.2, -0.15) is 5.10 Å². The van der Waals surface area contributed by atoms with Crippen LogP contribution in [0.25, 0.3) is 11.0 Å². The molecule has 4 nitrogen and oxygen atoms in total. The van der Waals surface area contributed by atoms with E-state index in [0.717, 1.165) is 15.8 Å². The number of furan rings is 1. The molecule has 0 saturated heterocycles. The molecule has 0 fully saturated rings. The molecule has 2 heterocycles. The average molecular weight is 298 g/mol. The van der Waals surface area contributed by atoms with Crippen LogP contribution in [0.5, 0.6) is 0 Å². The number of carbonyl (C=O) groups excluding carboxylic acids is 1. The quantitative estimate of drug-likeness (QED) is 0.589. The van der Waals surface area contributed by atoms with Crippen LogP contribution in [0, 0.1) is 13.8 Å². The number of aryl methyl sites for hydroxylation is 2. The van der Waals surface area contributed by atoms with Crippen molar-refractivity contribution in [2.75, 3.05) is 0 Å². The Morgan fingerprint density at radius 2 is 2.05 bits per heavy atom. The van der Waals surface area contributed by atoms with E-state index in [0.29, 0.717) is 11.3 Å². The van der Waals surface area contributed by atoms with Gasteiger partial charge in [-0.3, -0.25) is 4.79 Å². The summed E-state index contributed by atoms with van der Waals surface area (Å²) in [6, 6.07) is 11.5. The highest BCUT2D eigenvalue weighted by atomic mass is 32.1. The first-order chi connectivity index (χ1) is 10.1. The molecular formula is C16H14N2O2S. The molecule has 0 radical (unpaired) electrons. The molecule has 3 aromatic rings. The van der Waals surface area contributed by atoms with E-state index < -0.39 is 0 Å². The highest BCUT2D eigenvalue weighted by Gasteiger charge is 2.16. The van der Waals surface area contributed by atoms with E-state index in [2.05, 4.69) is 10.5 Å². The molecule has 1 N–H and O–H groups in total. The van der Waals surface area contributed by atoms with Crippen molar-refractivity contribution in [3.63, 3.8) is 0 Å². The summed E-state index contributed by atoms with van der Waals surface area (Å²) >= 11 is 1.62. The first-order valence-electron chi connectivity index (χ1n) is 6.53. The van der Waals surface area contributed by atoms with Crippen LogP contribution < -0.4 is 5.43 Å². The average Bonchev–Trinajstić information content (AvgIpc) is 3.03. The summed E-state index contributed by atoms with van der Waals surface area (Å²) in [6.07, 6.45) is 1.63. The van der Waals surface area contributed by atoms with Gasteiger partial charge in [-0.1, -0.05) is 18.2 Å². The number of rotatable bonds is 3. The smallest absolute Gasteiger partial charge is 0.307 e. The first-order valence-corrected chi connectivity index (χ1v) is 7.35. The summed E-state index contributed by atoms with van der Waals surface area (Å²) in [6.45, 7) is 3.89. The summed E-state index contributed by atoms with van der Waals surface area (Å²) in [5.41, 5.74) is 4.03. The molecule has 106 valence electrons. The fourth-order valence-corrected chi connectivity index (χ4v) is 2.87. The lowest BCUT2D eigenvalue weighted by molar-refractivity contribution is 0.0929. The molecule has 0 aliphatic carbocycles. The second kappa shape index (κ2) is 5.54. The van der Waals surface area contributed by atoms with Crippen LogP contribution in [0.1, 0.15) is 25.9 Å². The second-order valence-electron chi connectivity index (χ2n) is 4.70. The predicted molar refractivity (Wildman–Crippen MR) is 85.1 cm³/mol. The summed E-state index contributed by atoms with van der Waals surface area (Å²) in [5, 5.41) is 4.91. The van der Waals surface area contributed by atoms with E-state index in [1.165, 1.54) is 4.88 Å². The maximum Gasteiger partial charge on any atom is 0.307 e. The summed E-state index contributed by atoms with van der Waals surface area (Å²) in [7, 11) is 0. The Bertz CT molecular complexity index is 830. The van der Waals surface area contributed by atoms with E-state index in [1.807, 2.05) is 50.2 Å². The lowest BCUT2D eigenvalue weighted by Gasteiger charge is -1.96. The minimum atomic E-state index is -0.340. The van der Waals surface area contributed by atoms with Crippen molar-refractivity contribution in [1.82, 2.24) is 5.43 Å². The zero-order valence-corrected chi connectivity index (χ0v) is 12.5. The fraction of sp³-hybridized carbons (Fsp3) is 0.125. The van der Waals surface area contributed by atoms with Crippen molar-refractivity contribution in [1.29, 1.82) is 0 Å². The minimum absolute atomic E-state index is 0.302. The lowest BCUT2D eigenvalue weighted by Crippen LogP contribution is -2.17. The SMILES string of the molecule is Cc1ccc(/C=N\NC(=O)c2oc3ccccc3c2C)s1. The Balaban J connectivity index is 1.78. The number of para-hydroxylation sites is 1. The molecule has 0 spiro atoms. The van der Waals surface area contributed by atoms with Gasteiger partial charge in [-0.05, 0) is 32.0 Å². The fourth-order valence-electron chi connectivity index (χ4n) is 2.12. The molecular weight excluding hydrogens is 284 g/mol. The second-order valence-corrected chi connectivity index (χ2v) is 6.02. The van der Waals surface area contributed by atoms with Gasteiger partial charge in [0, 0.05) is 20.7 Å². The monoisotopic (exact) mass is 298 g/mol. The van der Waals surface area contributed by atoms with Gasteiger partial charge >= 0.3 is 5.91 Å². The molecule has 0 bridgehead atoms. The van der Waals surface area contributed by atoms with E-state index in [9.17, 15) is 4.79 Å². The topological polar surface area (TPSA) is 54.6 Å². The van der Waals surface area contributed by atoms with Gasteiger partial charge in [0.2, 0.25) is 0 Å². The van der Waals surface area contributed by atoms with Crippen LogP contribution in [0.4, 0.5) is 0 Å². The number of carbonyl (C=O) groups is 1. The van der Waals surface area contributed by atoms with Gasteiger partial charge in [-0.25, -0.2) is 5.43 Å². The minimum Gasteiger partial charge on any atom is -0.451 e. The number of amides is 1. The zero-order valence-electron chi connectivity index (χ0n) is 11.7.